The summed E-state index contributed by atoms with van der Waals surface area (Å²) < 4.78 is 10.8. The third-order valence-electron chi connectivity index (χ3n) is 3.40. The summed E-state index contributed by atoms with van der Waals surface area (Å²) >= 11 is 0. The largest absolute Gasteiger partial charge is 0.389 e. The first kappa shape index (κ1) is 15.9. The fourth-order valence-corrected chi connectivity index (χ4v) is 2.38. The molecule has 0 aromatic carbocycles. The molecule has 0 aromatic heterocycles. The highest BCUT2D eigenvalue weighted by Gasteiger charge is 2.15. The molecule has 0 heterocycles. The molecule has 0 saturated heterocycles. The lowest BCUT2D eigenvalue weighted by Gasteiger charge is -2.23. The molecule has 1 rings (SSSR count). The molecular weight excluding hydrogens is 230 g/mol. The lowest BCUT2D eigenvalue weighted by Crippen LogP contribution is -2.35. The third-order valence-corrected chi connectivity index (χ3v) is 3.40. The molecule has 108 valence electrons. The van der Waals surface area contributed by atoms with E-state index in [0.717, 1.165) is 26.0 Å². The summed E-state index contributed by atoms with van der Waals surface area (Å²) in [6.45, 7) is 4.80. The van der Waals surface area contributed by atoms with Crippen LogP contribution < -0.4 is 5.32 Å². The maximum atomic E-state index is 9.80. The van der Waals surface area contributed by atoms with Crippen molar-refractivity contribution in [1.29, 1.82) is 0 Å². The van der Waals surface area contributed by atoms with E-state index in [4.69, 9.17) is 9.47 Å². The summed E-state index contributed by atoms with van der Waals surface area (Å²) in [5, 5.41) is 13.1. The van der Waals surface area contributed by atoms with Crippen LogP contribution in [0, 0.1) is 5.92 Å². The van der Waals surface area contributed by atoms with Crippen molar-refractivity contribution in [2.45, 2.75) is 51.2 Å². The van der Waals surface area contributed by atoms with Crippen molar-refractivity contribution >= 4 is 0 Å². The van der Waals surface area contributed by atoms with Gasteiger partial charge in [0.25, 0.3) is 0 Å². The molecule has 0 amide bonds. The van der Waals surface area contributed by atoms with Crippen molar-refractivity contribution < 1.29 is 14.6 Å². The second-order valence-electron chi connectivity index (χ2n) is 5.47. The Kier molecular flexibility index (Phi) is 8.59. The number of aliphatic hydroxyl groups is 1. The molecule has 1 saturated carbocycles. The highest BCUT2D eigenvalue weighted by atomic mass is 16.5. The molecule has 1 aliphatic rings. The van der Waals surface area contributed by atoms with Crippen LogP contribution in [0.4, 0.5) is 0 Å². The second kappa shape index (κ2) is 9.73. The average Bonchev–Trinajstić information content (AvgIpc) is 2.38. The average molecular weight is 259 g/mol. The van der Waals surface area contributed by atoms with Crippen molar-refractivity contribution in [3.8, 4) is 0 Å². The zero-order valence-corrected chi connectivity index (χ0v) is 11.9. The summed E-state index contributed by atoms with van der Waals surface area (Å²) in [7, 11) is 1.71. The Hall–Kier alpha value is -0.160. The predicted octanol–water partition coefficient (Wildman–Crippen LogP) is 1.57. The standard InChI is InChI=1S/C14H29NO3/c1-12(10-17-2)8-15-9-13(16)11-18-14-6-4-3-5-7-14/h12-16H,3-11H2,1-2H3. The van der Waals surface area contributed by atoms with E-state index in [-0.39, 0.29) is 0 Å². The minimum absolute atomic E-state index is 0.376. The summed E-state index contributed by atoms with van der Waals surface area (Å²) in [6.07, 6.45) is 6.17. The van der Waals surface area contributed by atoms with Crippen LogP contribution in [0.5, 0.6) is 0 Å². The Morgan fingerprint density at radius 3 is 2.56 bits per heavy atom. The van der Waals surface area contributed by atoms with Gasteiger partial charge in [0.1, 0.15) is 0 Å². The molecular formula is C14H29NO3. The van der Waals surface area contributed by atoms with E-state index in [1.54, 1.807) is 7.11 Å². The van der Waals surface area contributed by atoms with Crippen LogP contribution in [0.25, 0.3) is 0 Å². The number of hydrogen-bond acceptors (Lipinski definition) is 4. The van der Waals surface area contributed by atoms with Gasteiger partial charge in [-0.25, -0.2) is 0 Å². The normalized spacial score (nSPS) is 20.8. The number of ether oxygens (including phenoxy) is 2. The molecule has 0 spiro atoms. The van der Waals surface area contributed by atoms with Gasteiger partial charge in [0.15, 0.2) is 0 Å². The molecule has 1 fully saturated rings. The Morgan fingerprint density at radius 1 is 1.17 bits per heavy atom. The van der Waals surface area contributed by atoms with Crippen molar-refractivity contribution in [2.75, 3.05) is 33.4 Å². The molecule has 2 unspecified atom stereocenters. The topological polar surface area (TPSA) is 50.7 Å². The monoisotopic (exact) mass is 259 g/mol. The molecule has 18 heavy (non-hydrogen) atoms. The van der Waals surface area contributed by atoms with Gasteiger partial charge >= 0.3 is 0 Å². The Bertz CT molecular complexity index is 195. The maximum Gasteiger partial charge on any atom is 0.0897 e. The summed E-state index contributed by atoms with van der Waals surface area (Å²) in [5.74, 6) is 0.474. The lowest BCUT2D eigenvalue weighted by molar-refractivity contribution is -0.0232. The van der Waals surface area contributed by atoms with Gasteiger partial charge in [-0.1, -0.05) is 26.2 Å². The van der Waals surface area contributed by atoms with E-state index in [9.17, 15) is 5.11 Å². The van der Waals surface area contributed by atoms with E-state index in [1.807, 2.05) is 0 Å². The Morgan fingerprint density at radius 2 is 1.89 bits per heavy atom. The maximum absolute atomic E-state index is 9.80. The van der Waals surface area contributed by atoms with Crippen LogP contribution in [0.1, 0.15) is 39.0 Å². The molecule has 2 N–H and O–H groups in total. The summed E-state index contributed by atoms with van der Waals surface area (Å²) in [6, 6.07) is 0. The van der Waals surface area contributed by atoms with Crippen molar-refractivity contribution in [3.63, 3.8) is 0 Å². The number of rotatable bonds is 9. The predicted molar refractivity (Wildman–Crippen MR) is 72.7 cm³/mol. The molecule has 0 radical (unpaired) electrons. The number of aliphatic hydroxyl groups excluding tert-OH is 1. The Labute approximate surface area is 111 Å². The van der Waals surface area contributed by atoms with E-state index < -0.39 is 6.10 Å². The van der Waals surface area contributed by atoms with E-state index in [1.165, 1.54) is 19.3 Å². The molecule has 4 heteroatoms. The molecule has 0 bridgehead atoms. The fraction of sp³-hybridized carbons (Fsp3) is 1.00. The highest BCUT2D eigenvalue weighted by Crippen LogP contribution is 2.20. The van der Waals surface area contributed by atoms with Gasteiger partial charge in [-0.05, 0) is 25.3 Å². The summed E-state index contributed by atoms with van der Waals surface area (Å²) in [5.41, 5.74) is 0. The van der Waals surface area contributed by atoms with Crippen molar-refractivity contribution in [2.24, 2.45) is 5.92 Å². The lowest BCUT2D eigenvalue weighted by atomic mass is 9.98. The minimum atomic E-state index is -0.401. The Balaban J connectivity index is 1.97. The number of hydrogen-bond donors (Lipinski definition) is 2. The molecule has 1 aliphatic carbocycles. The van der Waals surface area contributed by atoms with Gasteiger partial charge in [-0.2, -0.15) is 0 Å². The number of nitrogens with one attached hydrogen (secondary N) is 1. The first-order valence-corrected chi connectivity index (χ1v) is 7.21. The van der Waals surface area contributed by atoms with Gasteiger partial charge in [-0.3, -0.25) is 0 Å². The molecule has 2 atom stereocenters. The van der Waals surface area contributed by atoms with Crippen LogP contribution in [0.3, 0.4) is 0 Å². The third kappa shape index (κ3) is 7.31. The van der Waals surface area contributed by atoms with Crippen LogP contribution in [0.15, 0.2) is 0 Å². The molecule has 0 aromatic rings. The van der Waals surface area contributed by atoms with Gasteiger partial charge in [0, 0.05) is 20.3 Å². The fourth-order valence-electron chi connectivity index (χ4n) is 2.38. The quantitative estimate of drug-likeness (QED) is 0.660. The summed E-state index contributed by atoms with van der Waals surface area (Å²) in [4.78, 5) is 0. The van der Waals surface area contributed by atoms with Crippen molar-refractivity contribution in [3.05, 3.63) is 0 Å². The smallest absolute Gasteiger partial charge is 0.0897 e. The van der Waals surface area contributed by atoms with Crippen LogP contribution in [-0.2, 0) is 9.47 Å². The van der Waals surface area contributed by atoms with E-state index in [2.05, 4.69) is 12.2 Å². The minimum Gasteiger partial charge on any atom is -0.389 e. The second-order valence-corrected chi connectivity index (χ2v) is 5.47. The van der Waals surface area contributed by atoms with Gasteiger partial charge in [-0.15, -0.1) is 0 Å². The SMILES string of the molecule is COCC(C)CNCC(O)COC1CCCCC1. The van der Waals surface area contributed by atoms with E-state index >= 15 is 0 Å². The van der Waals surface area contributed by atoms with Crippen LogP contribution in [0.2, 0.25) is 0 Å². The molecule has 4 nitrogen and oxygen atoms in total. The van der Waals surface area contributed by atoms with E-state index in [0.29, 0.717) is 25.2 Å². The first-order valence-electron chi connectivity index (χ1n) is 7.21. The highest BCUT2D eigenvalue weighted by molar-refractivity contribution is 4.67. The zero-order chi connectivity index (χ0) is 13.2. The van der Waals surface area contributed by atoms with Crippen LogP contribution >= 0.6 is 0 Å². The zero-order valence-electron chi connectivity index (χ0n) is 11.9. The van der Waals surface area contributed by atoms with Gasteiger partial charge in [0.2, 0.25) is 0 Å². The number of methoxy groups -OCH3 is 1. The van der Waals surface area contributed by atoms with Gasteiger partial charge < -0.3 is 19.9 Å². The van der Waals surface area contributed by atoms with Gasteiger partial charge in [0.05, 0.1) is 18.8 Å². The first-order chi connectivity index (χ1) is 8.72. The van der Waals surface area contributed by atoms with Crippen molar-refractivity contribution in [1.82, 2.24) is 5.32 Å². The van der Waals surface area contributed by atoms with Crippen LogP contribution in [-0.4, -0.2) is 50.7 Å². The molecule has 0 aliphatic heterocycles.